The number of rotatable bonds is 6. The van der Waals surface area contributed by atoms with Gasteiger partial charge in [-0.05, 0) is 79.2 Å². The zero-order valence-electron chi connectivity index (χ0n) is 17.5. The molecule has 0 radical (unpaired) electrons. The second kappa shape index (κ2) is 10.0. The second-order valence-electron chi connectivity index (χ2n) is 7.38. The summed E-state index contributed by atoms with van der Waals surface area (Å²) in [6, 6.07) is 21.0. The maximum absolute atomic E-state index is 12.4. The van der Waals surface area contributed by atoms with Crippen LogP contribution in [0, 0.1) is 0 Å². The second-order valence-corrected chi connectivity index (χ2v) is 8.71. The minimum absolute atomic E-state index is 0.212. The van der Waals surface area contributed by atoms with Gasteiger partial charge in [0.1, 0.15) is 11.0 Å². The van der Waals surface area contributed by atoms with E-state index >= 15 is 0 Å². The number of halogens is 1. The van der Waals surface area contributed by atoms with E-state index in [1.165, 1.54) is 18.4 Å². The fraction of sp³-hybridized carbons (Fsp3) is 0.167. The van der Waals surface area contributed by atoms with Crippen LogP contribution in [0.2, 0.25) is 0 Å². The number of benzene rings is 3. The smallest absolute Gasteiger partial charge is 0.257 e. The number of carbonyl (C=O) groups excluding carboxylic acids is 1. The summed E-state index contributed by atoms with van der Waals surface area (Å²) >= 11 is 8.66. The van der Waals surface area contributed by atoms with Gasteiger partial charge in [-0.3, -0.25) is 10.1 Å². The van der Waals surface area contributed by atoms with Gasteiger partial charge in [0.2, 0.25) is 0 Å². The Morgan fingerprint density at radius 2 is 1.81 bits per heavy atom. The van der Waals surface area contributed by atoms with Gasteiger partial charge in [-0.25, -0.2) is 0 Å². The van der Waals surface area contributed by atoms with Crippen LogP contribution in [0.3, 0.4) is 0 Å². The van der Waals surface area contributed by atoms with Gasteiger partial charge in [-0.2, -0.15) is 4.80 Å². The summed E-state index contributed by atoms with van der Waals surface area (Å²) in [5.41, 5.74) is 4.97. The molecule has 0 bridgehead atoms. The lowest BCUT2D eigenvalue weighted by molar-refractivity contribution is 0.0977. The Hall–Kier alpha value is -3.10. The highest BCUT2D eigenvalue weighted by atomic mass is 79.9. The molecule has 1 heterocycles. The Labute approximate surface area is 200 Å². The number of hydrogen-bond donors (Lipinski definition) is 2. The molecular weight excluding hydrogens is 486 g/mol. The molecular formula is C24H22BrN5OS. The van der Waals surface area contributed by atoms with Crippen LogP contribution in [0.15, 0.2) is 71.2 Å². The van der Waals surface area contributed by atoms with Crippen LogP contribution in [-0.4, -0.2) is 26.0 Å². The average molecular weight is 508 g/mol. The Morgan fingerprint density at radius 1 is 1.03 bits per heavy atom. The number of aryl methyl sites for hydroxylation is 1. The summed E-state index contributed by atoms with van der Waals surface area (Å²) < 4.78 is 0.827. The molecule has 8 heteroatoms. The van der Waals surface area contributed by atoms with E-state index in [4.69, 9.17) is 12.2 Å². The van der Waals surface area contributed by atoms with Crippen molar-refractivity contribution in [1.29, 1.82) is 0 Å². The van der Waals surface area contributed by atoms with Gasteiger partial charge in [-0.1, -0.05) is 47.5 Å². The first-order valence-electron chi connectivity index (χ1n) is 10.4. The number of amides is 1. The van der Waals surface area contributed by atoms with E-state index in [0.29, 0.717) is 5.56 Å². The minimum atomic E-state index is -0.279. The molecule has 0 aliphatic rings. The van der Waals surface area contributed by atoms with E-state index in [2.05, 4.69) is 55.8 Å². The third-order valence-electron chi connectivity index (χ3n) is 4.94. The van der Waals surface area contributed by atoms with Gasteiger partial charge in [0, 0.05) is 15.7 Å². The Morgan fingerprint density at radius 3 is 2.56 bits per heavy atom. The summed E-state index contributed by atoms with van der Waals surface area (Å²) in [6.07, 6.45) is 3.45. The van der Waals surface area contributed by atoms with Gasteiger partial charge in [0.15, 0.2) is 5.11 Å². The molecule has 0 saturated carbocycles. The number of aromatic nitrogens is 3. The number of unbranched alkanes of at least 4 members (excludes halogenated alkanes) is 1. The number of hydrogen-bond acceptors (Lipinski definition) is 4. The molecule has 0 unspecified atom stereocenters. The Bertz CT molecular complexity index is 1270. The first-order valence-corrected chi connectivity index (χ1v) is 11.6. The molecule has 6 nitrogen and oxygen atoms in total. The van der Waals surface area contributed by atoms with Crippen molar-refractivity contribution in [3.8, 4) is 5.69 Å². The maximum Gasteiger partial charge on any atom is 0.257 e. The molecule has 0 atom stereocenters. The number of anilines is 1. The number of fused-ring (bicyclic) bond motifs is 1. The molecule has 4 rings (SSSR count). The number of nitrogens with one attached hydrogen (secondary N) is 2. The largest absolute Gasteiger partial charge is 0.332 e. The quantitative estimate of drug-likeness (QED) is 0.329. The van der Waals surface area contributed by atoms with E-state index in [1.807, 2.05) is 36.4 Å². The van der Waals surface area contributed by atoms with Crippen LogP contribution in [0.25, 0.3) is 16.7 Å². The Balaban J connectivity index is 1.44. The first kappa shape index (κ1) is 22.1. The van der Waals surface area contributed by atoms with Crippen LogP contribution in [0.4, 0.5) is 5.69 Å². The van der Waals surface area contributed by atoms with Crippen molar-refractivity contribution in [2.24, 2.45) is 0 Å². The van der Waals surface area contributed by atoms with Crippen molar-refractivity contribution in [2.75, 3.05) is 5.32 Å². The summed E-state index contributed by atoms with van der Waals surface area (Å²) in [5.74, 6) is -0.279. The highest BCUT2D eigenvalue weighted by Crippen LogP contribution is 2.18. The summed E-state index contributed by atoms with van der Waals surface area (Å²) in [5, 5.41) is 15.1. The summed E-state index contributed by atoms with van der Waals surface area (Å²) in [7, 11) is 0. The van der Waals surface area contributed by atoms with Crippen LogP contribution in [0.5, 0.6) is 0 Å². The van der Waals surface area contributed by atoms with Crippen LogP contribution in [-0.2, 0) is 6.42 Å². The molecule has 32 heavy (non-hydrogen) atoms. The number of carbonyl (C=O) groups is 1. The predicted molar refractivity (Wildman–Crippen MR) is 135 cm³/mol. The summed E-state index contributed by atoms with van der Waals surface area (Å²) in [4.78, 5) is 14.0. The van der Waals surface area contributed by atoms with Crippen molar-refractivity contribution in [3.05, 3.63) is 82.3 Å². The van der Waals surface area contributed by atoms with Gasteiger partial charge < -0.3 is 5.32 Å². The SMILES string of the molecule is CCCCc1ccc(-n2nc3ccc(NC(=S)NC(=O)c4cccc(Br)c4)cc3n2)cc1. The van der Waals surface area contributed by atoms with E-state index < -0.39 is 0 Å². The van der Waals surface area contributed by atoms with E-state index in [0.717, 1.165) is 33.3 Å². The van der Waals surface area contributed by atoms with Gasteiger partial charge >= 0.3 is 0 Å². The zero-order chi connectivity index (χ0) is 22.5. The van der Waals surface area contributed by atoms with Crippen LogP contribution in [0.1, 0.15) is 35.7 Å². The van der Waals surface area contributed by atoms with Gasteiger partial charge in [-0.15, -0.1) is 10.2 Å². The lowest BCUT2D eigenvalue weighted by Gasteiger charge is -2.09. The van der Waals surface area contributed by atoms with Gasteiger partial charge in [0.25, 0.3) is 5.91 Å². The predicted octanol–water partition coefficient (Wildman–Crippen LogP) is 5.65. The van der Waals surface area contributed by atoms with Crippen LogP contribution < -0.4 is 10.6 Å². The highest BCUT2D eigenvalue weighted by Gasteiger charge is 2.10. The fourth-order valence-electron chi connectivity index (χ4n) is 3.25. The molecule has 4 aromatic rings. The third kappa shape index (κ3) is 5.38. The summed E-state index contributed by atoms with van der Waals surface area (Å²) in [6.45, 7) is 2.19. The molecule has 1 amide bonds. The standard InChI is InChI=1S/C24H22BrN5OS/c1-2-3-5-16-8-11-20(12-9-16)30-28-21-13-10-19(15-22(21)29-30)26-24(32)27-23(31)17-6-4-7-18(25)14-17/h4,6-15H,2-3,5H2,1H3,(H2,26,27,31,32). The third-order valence-corrected chi connectivity index (χ3v) is 5.64. The maximum atomic E-state index is 12.4. The molecule has 2 N–H and O–H groups in total. The van der Waals surface area contributed by atoms with Crippen molar-refractivity contribution in [3.63, 3.8) is 0 Å². The molecule has 0 fully saturated rings. The van der Waals surface area contributed by atoms with Crippen molar-refractivity contribution < 1.29 is 4.79 Å². The molecule has 3 aromatic carbocycles. The molecule has 162 valence electrons. The van der Waals surface area contributed by atoms with Crippen molar-refractivity contribution >= 4 is 55.9 Å². The van der Waals surface area contributed by atoms with E-state index in [9.17, 15) is 4.79 Å². The monoisotopic (exact) mass is 507 g/mol. The average Bonchev–Trinajstić information content (AvgIpc) is 3.21. The lowest BCUT2D eigenvalue weighted by Crippen LogP contribution is -2.34. The minimum Gasteiger partial charge on any atom is -0.332 e. The number of thiocarbonyl (C=S) groups is 1. The van der Waals surface area contributed by atoms with Crippen molar-refractivity contribution in [2.45, 2.75) is 26.2 Å². The normalized spacial score (nSPS) is 10.8. The molecule has 0 aliphatic carbocycles. The van der Waals surface area contributed by atoms with E-state index in [-0.39, 0.29) is 11.0 Å². The fourth-order valence-corrected chi connectivity index (χ4v) is 3.86. The highest BCUT2D eigenvalue weighted by molar-refractivity contribution is 9.10. The molecule has 0 aliphatic heterocycles. The molecule has 0 saturated heterocycles. The van der Waals surface area contributed by atoms with E-state index in [1.54, 1.807) is 23.0 Å². The first-order chi connectivity index (χ1) is 15.5. The van der Waals surface area contributed by atoms with Gasteiger partial charge in [0.05, 0.1) is 5.69 Å². The van der Waals surface area contributed by atoms with Crippen LogP contribution >= 0.6 is 28.1 Å². The zero-order valence-corrected chi connectivity index (χ0v) is 19.9. The molecule has 1 aromatic heterocycles. The molecule has 0 spiro atoms. The Kier molecular flexibility index (Phi) is 6.92. The van der Waals surface area contributed by atoms with Crippen molar-refractivity contribution in [1.82, 2.24) is 20.3 Å². The lowest BCUT2D eigenvalue weighted by atomic mass is 10.1. The number of nitrogens with zero attached hydrogens (tertiary/aromatic N) is 3. The topological polar surface area (TPSA) is 71.8 Å².